The molecule has 0 aliphatic heterocycles. The van der Waals surface area contributed by atoms with Crippen LogP contribution in [0.25, 0.3) is 0 Å². The van der Waals surface area contributed by atoms with Crippen LogP contribution in [-0.2, 0) is 20.7 Å². The van der Waals surface area contributed by atoms with E-state index in [2.05, 4.69) is 16.7 Å². The van der Waals surface area contributed by atoms with Crippen molar-refractivity contribution >= 4 is 17.9 Å². The molecule has 0 aromatic heterocycles. The van der Waals surface area contributed by atoms with Crippen LogP contribution >= 0.6 is 0 Å². The second-order valence-electron chi connectivity index (χ2n) is 6.89. The van der Waals surface area contributed by atoms with Crippen molar-refractivity contribution in [2.24, 2.45) is 5.73 Å². The first-order valence-corrected chi connectivity index (χ1v) is 9.58. The van der Waals surface area contributed by atoms with Crippen molar-refractivity contribution < 1.29 is 19.1 Å². The molecule has 7 nitrogen and oxygen atoms in total. The largest absolute Gasteiger partial charge is 0.453 e. The van der Waals surface area contributed by atoms with Gasteiger partial charge in [-0.15, -0.1) is 0 Å². The monoisotopic (exact) mass is 375 g/mol. The molecule has 0 heterocycles. The van der Waals surface area contributed by atoms with E-state index in [9.17, 15) is 14.4 Å². The van der Waals surface area contributed by atoms with Gasteiger partial charge in [0.25, 0.3) is 5.91 Å². The minimum atomic E-state index is -0.817. The molecule has 0 spiro atoms. The molecule has 2 atom stereocenters. The smallest absolute Gasteiger partial charge is 0.312 e. The lowest BCUT2D eigenvalue weighted by Crippen LogP contribution is -2.39. The molecule has 0 saturated heterocycles. The molecule has 1 aromatic rings. The summed E-state index contributed by atoms with van der Waals surface area (Å²) in [6.07, 6.45) is 4.54. The molecule has 4 N–H and O–H groups in total. The normalized spacial score (nSPS) is 16.7. The van der Waals surface area contributed by atoms with E-state index in [-0.39, 0.29) is 24.3 Å². The van der Waals surface area contributed by atoms with Crippen molar-refractivity contribution in [3.05, 3.63) is 35.4 Å². The van der Waals surface area contributed by atoms with E-state index in [1.807, 2.05) is 18.2 Å². The van der Waals surface area contributed by atoms with Crippen LogP contribution < -0.4 is 16.4 Å². The maximum Gasteiger partial charge on any atom is 0.312 e. The quantitative estimate of drug-likeness (QED) is 0.454. The Morgan fingerprint density at radius 2 is 2.00 bits per heavy atom. The van der Waals surface area contributed by atoms with Gasteiger partial charge in [0.1, 0.15) is 0 Å². The third-order valence-corrected chi connectivity index (χ3v) is 4.72. The van der Waals surface area contributed by atoms with E-state index in [4.69, 9.17) is 10.5 Å². The summed E-state index contributed by atoms with van der Waals surface area (Å²) in [7, 11) is 0. The summed E-state index contributed by atoms with van der Waals surface area (Å²) in [5.74, 6) is -0.653. The van der Waals surface area contributed by atoms with E-state index in [0.29, 0.717) is 13.0 Å². The number of carbonyl (C=O) groups is 3. The number of unbranched alkanes of at least 4 members (excludes halogenated alkanes) is 2. The lowest BCUT2D eigenvalue weighted by Gasteiger charge is -2.27. The summed E-state index contributed by atoms with van der Waals surface area (Å²) in [5.41, 5.74) is 7.39. The van der Waals surface area contributed by atoms with Gasteiger partial charge in [0.15, 0.2) is 6.10 Å². The number of nitrogens with two attached hydrogens (primary N) is 1. The van der Waals surface area contributed by atoms with E-state index in [1.165, 1.54) is 5.56 Å². The number of amides is 3. The Balaban J connectivity index is 1.70. The highest BCUT2D eigenvalue weighted by Gasteiger charge is 2.25. The number of nitrogens with one attached hydrogen (secondary N) is 2. The number of fused-ring (bicyclic) bond motifs is 1. The van der Waals surface area contributed by atoms with Gasteiger partial charge in [-0.1, -0.05) is 30.7 Å². The minimum Gasteiger partial charge on any atom is -0.453 e. The molecule has 1 aromatic carbocycles. The molecule has 1 aliphatic rings. The number of esters is 1. The van der Waals surface area contributed by atoms with Gasteiger partial charge in [0.05, 0.1) is 6.04 Å². The molecule has 1 aliphatic carbocycles. The molecule has 27 heavy (non-hydrogen) atoms. The number of rotatable bonds is 9. The van der Waals surface area contributed by atoms with Gasteiger partial charge in [0, 0.05) is 13.0 Å². The number of primary amides is 1. The van der Waals surface area contributed by atoms with Crippen molar-refractivity contribution in [2.45, 2.75) is 64.0 Å². The number of hydrogen-bond acceptors (Lipinski definition) is 4. The maximum absolute atomic E-state index is 12.4. The summed E-state index contributed by atoms with van der Waals surface area (Å²) >= 11 is 0. The number of ether oxygens (including phenoxy) is 1. The highest BCUT2D eigenvalue weighted by molar-refractivity contribution is 5.83. The summed E-state index contributed by atoms with van der Waals surface area (Å²) in [6.45, 7) is 2.09. The van der Waals surface area contributed by atoms with Crippen LogP contribution in [0.4, 0.5) is 4.79 Å². The Bertz CT molecular complexity index is 662. The fraction of sp³-hybridized carbons (Fsp3) is 0.550. The highest BCUT2D eigenvalue weighted by atomic mass is 16.5. The fourth-order valence-corrected chi connectivity index (χ4v) is 3.29. The van der Waals surface area contributed by atoms with Crippen LogP contribution in [0.2, 0.25) is 0 Å². The molecule has 0 radical (unpaired) electrons. The number of benzene rings is 1. The van der Waals surface area contributed by atoms with Crippen molar-refractivity contribution in [1.82, 2.24) is 10.6 Å². The zero-order valence-corrected chi connectivity index (χ0v) is 15.8. The fourth-order valence-electron chi connectivity index (χ4n) is 3.29. The van der Waals surface area contributed by atoms with Crippen LogP contribution in [0.1, 0.15) is 62.6 Å². The van der Waals surface area contributed by atoms with Gasteiger partial charge in [0.2, 0.25) is 0 Å². The second kappa shape index (κ2) is 10.5. The predicted octanol–water partition coefficient (Wildman–Crippen LogP) is 2.34. The van der Waals surface area contributed by atoms with Gasteiger partial charge in [-0.3, -0.25) is 9.59 Å². The average Bonchev–Trinajstić information content (AvgIpc) is 2.64. The molecule has 148 valence electrons. The van der Waals surface area contributed by atoms with Gasteiger partial charge < -0.3 is 21.1 Å². The zero-order chi connectivity index (χ0) is 19.6. The first kappa shape index (κ1) is 20.7. The minimum absolute atomic E-state index is 0.0265. The summed E-state index contributed by atoms with van der Waals surface area (Å²) in [6, 6.07) is 7.55. The molecule has 2 rings (SSSR count). The first-order valence-electron chi connectivity index (χ1n) is 9.58. The maximum atomic E-state index is 12.4. The van der Waals surface area contributed by atoms with Crippen LogP contribution in [0.15, 0.2) is 24.3 Å². The Hall–Kier alpha value is -2.57. The first-order chi connectivity index (χ1) is 13.0. The van der Waals surface area contributed by atoms with Gasteiger partial charge in [-0.05, 0) is 50.2 Å². The van der Waals surface area contributed by atoms with Crippen LogP contribution in [0, 0.1) is 0 Å². The molecule has 0 saturated carbocycles. The van der Waals surface area contributed by atoms with Gasteiger partial charge >= 0.3 is 12.0 Å². The molecule has 7 heteroatoms. The van der Waals surface area contributed by atoms with Crippen LogP contribution in [0.3, 0.4) is 0 Å². The SMILES string of the molecule is C[C@@H](OC(=O)CCCCCNC(N)=O)C(=O)N[C@@H]1CCCc2ccccc21. The number of carbonyl (C=O) groups excluding carboxylic acids is 3. The van der Waals surface area contributed by atoms with E-state index in [1.54, 1.807) is 6.92 Å². The summed E-state index contributed by atoms with van der Waals surface area (Å²) < 4.78 is 5.25. The molecule has 0 unspecified atom stereocenters. The molecule has 0 fully saturated rings. The Kier molecular flexibility index (Phi) is 8.10. The van der Waals surface area contributed by atoms with Crippen molar-refractivity contribution in [3.8, 4) is 0 Å². The third kappa shape index (κ3) is 6.92. The van der Waals surface area contributed by atoms with E-state index < -0.39 is 12.1 Å². The zero-order valence-electron chi connectivity index (χ0n) is 15.8. The molecular weight excluding hydrogens is 346 g/mol. The van der Waals surface area contributed by atoms with Crippen molar-refractivity contribution in [1.29, 1.82) is 0 Å². The number of hydrogen-bond donors (Lipinski definition) is 3. The van der Waals surface area contributed by atoms with E-state index >= 15 is 0 Å². The molecule has 0 bridgehead atoms. The van der Waals surface area contributed by atoms with Crippen molar-refractivity contribution in [2.75, 3.05) is 6.54 Å². The number of aryl methyl sites for hydroxylation is 1. The Labute approximate surface area is 160 Å². The second-order valence-corrected chi connectivity index (χ2v) is 6.89. The topological polar surface area (TPSA) is 111 Å². The number of urea groups is 1. The molecule has 3 amide bonds. The standard InChI is InChI=1S/C20H29N3O4/c1-14(27-18(24)12-3-2-6-13-22-20(21)26)19(25)23-17-11-7-9-15-8-4-5-10-16(15)17/h4-5,8,10,14,17H,2-3,6-7,9,11-13H2,1H3,(H,23,25)(H3,21,22,26)/t14-,17-/m1/s1. The lowest BCUT2D eigenvalue weighted by atomic mass is 9.87. The highest BCUT2D eigenvalue weighted by Crippen LogP contribution is 2.29. The van der Waals surface area contributed by atoms with E-state index in [0.717, 1.165) is 37.7 Å². The van der Waals surface area contributed by atoms with Gasteiger partial charge in [-0.25, -0.2) is 4.79 Å². The third-order valence-electron chi connectivity index (χ3n) is 4.72. The summed E-state index contributed by atoms with van der Waals surface area (Å²) in [4.78, 5) is 34.8. The summed E-state index contributed by atoms with van der Waals surface area (Å²) in [5, 5.41) is 5.50. The van der Waals surface area contributed by atoms with Gasteiger partial charge in [-0.2, -0.15) is 0 Å². The van der Waals surface area contributed by atoms with Crippen molar-refractivity contribution in [3.63, 3.8) is 0 Å². The van der Waals surface area contributed by atoms with Crippen LogP contribution in [0.5, 0.6) is 0 Å². The Morgan fingerprint density at radius 3 is 2.78 bits per heavy atom. The lowest BCUT2D eigenvalue weighted by molar-refractivity contribution is -0.155. The average molecular weight is 375 g/mol. The van der Waals surface area contributed by atoms with Crippen LogP contribution in [-0.4, -0.2) is 30.6 Å². The molecular formula is C20H29N3O4. The predicted molar refractivity (Wildman–Crippen MR) is 102 cm³/mol. The Morgan fingerprint density at radius 1 is 1.22 bits per heavy atom.